The van der Waals surface area contributed by atoms with E-state index in [2.05, 4.69) is 15.5 Å². The van der Waals surface area contributed by atoms with E-state index in [4.69, 9.17) is 9.47 Å². The first kappa shape index (κ1) is 13.8. The average Bonchev–Trinajstić information content (AvgIpc) is 2.92. The predicted molar refractivity (Wildman–Crippen MR) is 76.1 cm³/mol. The van der Waals surface area contributed by atoms with Crippen molar-refractivity contribution in [2.45, 2.75) is 6.42 Å². The summed E-state index contributed by atoms with van der Waals surface area (Å²) in [6, 6.07) is 5.75. The molecule has 1 heterocycles. The second-order valence-electron chi connectivity index (χ2n) is 3.90. The van der Waals surface area contributed by atoms with Crippen LogP contribution in [0.15, 0.2) is 18.2 Å². The molecular weight excluding hydrogens is 262 g/mol. The Balaban J connectivity index is 2.33. The highest BCUT2D eigenvalue weighted by atomic mass is 32.1. The molecule has 0 unspecified atom stereocenters. The molecule has 0 radical (unpaired) electrons. The molecule has 19 heavy (non-hydrogen) atoms. The van der Waals surface area contributed by atoms with Gasteiger partial charge in [0.2, 0.25) is 0 Å². The summed E-state index contributed by atoms with van der Waals surface area (Å²) in [6.45, 7) is 0.893. The Morgan fingerprint density at radius 1 is 1.21 bits per heavy atom. The fourth-order valence-electron chi connectivity index (χ4n) is 1.75. The molecule has 6 heteroatoms. The van der Waals surface area contributed by atoms with Crippen LogP contribution in [0.5, 0.6) is 11.5 Å². The third-order valence-corrected chi connectivity index (χ3v) is 3.71. The van der Waals surface area contributed by atoms with E-state index >= 15 is 0 Å². The topological polar surface area (TPSA) is 56.3 Å². The van der Waals surface area contributed by atoms with Crippen molar-refractivity contribution < 1.29 is 9.47 Å². The molecular formula is C13H17N3O2S. The number of likely N-dealkylation sites (N-methyl/N-ethyl adjacent to an activating group) is 1. The third kappa shape index (κ3) is 3.02. The van der Waals surface area contributed by atoms with E-state index in [1.165, 1.54) is 0 Å². The quantitative estimate of drug-likeness (QED) is 0.876. The number of hydrogen-bond donors (Lipinski definition) is 1. The molecule has 0 amide bonds. The van der Waals surface area contributed by atoms with Gasteiger partial charge in [-0.25, -0.2) is 0 Å². The summed E-state index contributed by atoms with van der Waals surface area (Å²) >= 11 is 1.58. The zero-order chi connectivity index (χ0) is 13.7. The molecule has 0 atom stereocenters. The smallest absolute Gasteiger partial charge is 0.171 e. The number of aromatic nitrogens is 2. The maximum absolute atomic E-state index is 5.41. The maximum atomic E-state index is 5.41. The number of para-hydroxylation sites is 1. The van der Waals surface area contributed by atoms with Gasteiger partial charge in [-0.3, -0.25) is 0 Å². The number of nitrogens with zero attached hydrogens (tertiary/aromatic N) is 2. The van der Waals surface area contributed by atoms with Crippen molar-refractivity contribution in [3.05, 3.63) is 23.2 Å². The lowest BCUT2D eigenvalue weighted by Gasteiger charge is -2.10. The first-order chi connectivity index (χ1) is 9.30. The minimum absolute atomic E-state index is 0.696. The van der Waals surface area contributed by atoms with Gasteiger partial charge in [0.05, 0.1) is 19.8 Å². The second-order valence-corrected chi connectivity index (χ2v) is 4.96. The molecule has 0 saturated heterocycles. The molecule has 0 spiro atoms. The van der Waals surface area contributed by atoms with Crippen LogP contribution in [0.25, 0.3) is 10.6 Å². The first-order valence-electron chi connectivity index (χ1n) is 5.98. The van der Waals surface area contributed by atoms with Crippen LogP contribution in [0.2, 0.25) is 0 Å². The van der Waals surface area contributed by atoms with E-state index in [1.54, 1.807) is 25.6 Å². The Morgan fingerprint density at radius 2 is 2.05 bits per heavy atom. The highest BCUT2D eigenvalue weighted by Crippen LogP contribution is 2.38. The van der Waals surface area contributed by atoms with E-state index < -0.39 is 0 Å². The number of benzene rings is 1. The fourth-order valence-corrected chi connectivity index (χ4v) is 2.61. The molecule has 0 fully saturated rings. The normalized spacial score (nSPS) is 10.5. The number of ether oxygens (including phenoxy) is 2. The van der Waals surface area contributed by atoms with Crippen LogP contribution in [-0.2, 0) is 6.42 Å². The summed E-state index contributed by atoms with van der Waals surface area (Å²) in [4.78, 5) is 0. The molecule has 5 nitrogen and oxygen atoms in total. The average molecular weight is 279 g/mol. The van der Waals surface area contributed by atoms with Crippen LogP contribution in [0, 0.1) is 0 Å². The SMILES string of the molecule is CNCCc1nnc(-c2cccc(OC)c2OC)s1. The van der Waals surface area contributed by atoms with Gasteiger partial charge >= 0.3 is 0 Å². The summed E-state index contributed by atoms with van der Waals surface area (Å²) in [5, 5.41) is 13.4. The maximum Gasteiger partial charge on any atom is 0.171 e. The Hall–Kier alpha value is -1.66. The van der Waals surface area contributed by atoms with Gasteiger partial charge < -0.3 is 14.8 Å². The van der Waals surface area contributed by atoms with E-state index in [-0.39, 0.29) is 0 Å². The van der Waals surface area contributed by atoms with Crippen molar-refractivity contribution in [1.82, 2.24) is 15.5 Å². The van der Waals surface area contributed by atoms with Crippen molar-refractivity contribution in [3.63, 3.8) is 0 Å². The van der Waals surface area contributed by atoms with Gasteiger partial charge in [-0.1, -0.05) is 17.4 Å². The van der Waals surface area contributed by atoms with Crippen LogP contribution in [0.4, 0.5) is 0 Å². The monoisotopic (exact) mass is 279 g/mol. The molecule has 1 aromatic carbocycles. The molecule has 0 aliphatic carbocycles. The summed E-state index contributed by atoms with van der Waals surface area (Å²) in [7, 11) is 5.18. The van der Waals surface area contributed by atoms with Crippen molar-refractivity contribution in [3.8, 4) is 22.1 Å². The van der Waals surface area contributed by atoms with Gasteiger partial charge in [0.25, 0.3) is 0 Å². The standard InChI is InChI=1S/C13H17N3O2S/c1-14-8-7-11-15-16-13(19-11)9-5-4-6-10(17-2)12(9)18-3/h4-6,14H,7-8H2,1-3H3. The minimum Gasteiger partial charge on any atom is -0.493 e. The lowest BCUT2D eigenvalue weighted by atomic mass is 10.2. The zero-order valence-corrected chi connectivity index (χ0v) is 12.1. The van der Waals surface area contributed by atoms with Crippen molar-refractivity contribution >= 4 is 11.3 Å². The lowest BCUT2D eigenvalue weighted by molar-refractivity contribution is 0.356. The first-order valence-corrected chi connectivity index (χ1v) is 6.80. The molecule has 2 aromatic rings. The van der Waals surface area contributed by atoms with Crippen LogP contribution in [0.1, 0.15) is 5.01 Å². The largest absolute Gasteiger partial charge is 0.493 e. The van der Waals surface area contributed by atoms with Gasteiger partial charge in [0.1, 0.15) is 5.01 Å². The summed E-state index contributed by atoms with van der Waals surface area (Å²) in [6.07, 6.45) is 0.875. The van der Waals surface area contributed by atoms with Crippen molar-refractivity contribution in [2.75, 3.05) is 27.8 Å². The van der Waals surface area contributed by atoms with Crippen molar-refractivity contribution in [1.29, 1.82) is 0 Å². The predicted octanol–water partition coefficient (Wildman–Crippen LogP) is 1.98. The molecule has 0 saturated carbocycles. The third-order valence-electron chi connectivity index (χ3n) is 2.69. The second kappa shape index (κ2) is 6.49. The van der Waals surface area contributed by atoms with Crippen LogP contribution in [-0.4, -0.2) is 38.0 Å². The molecule has 0 aliphatic heterocycles. The van der Waals surface area contributed by atoms with Gasteiger partial charge in [-0.05, 0) is 19.2 Å². The Bertz CT molecular complexity index is 542. The van der Waals surface area contributed by atoms with Crippen LogP contribution in [0.3, 0.4) is 0 Å². The molecule has 0 bridgehead atoms. The van der Waals surface area contributed by atoms with Gasteiger partial charge in [-0.2, -0.15) is 0 Å². The summed E-state index contributed by atoms with van der Waals surface area (Å²) in [5.41, 5.74) is 0.912. The summed E-state index contributed by atoms with van der Waals surface area (Å²) in [5.74, 6) is 1.40. The molecule has 102 valence electrons. The minimum atomic E-state index is 0.696. The molecule has 1 aromatic heterocycles. The Kier molecular flexibility index (Phi) is 4.70. The molecule has 1 N–H and O–H groups in total. The highest BCUT2D eigenvalue weighted by molar-refractivity contribution is 7.14. The Morgan fingerprint density at radius 3 is 2.74 bits per heavy atom. The number of rotatable bonds is 6. The highest BCUT2D eigenvalue weighted by Gasteiger charge is 2.15. The summed E-state index contributed by atoms with van der Waals surface area (Å²) < 4.78 is 10.7. The van der Waals surface area contributed by atoms with Crippen molar-refractivity contribution in [2.24, 2.45) is 0 Å². The van der Waals surface area contributed by atoms with Gasteiger partial charge in [-0.15, -0.1) is 10.2 Å². The number of hydrogen-bond acceptors (Lipinski definition) is 6. The van der Waals surface area contributed by atoms with Crippen LogP contribution < -0.4 is 14.8 Å². The fraction of sp³-hybridized carbons (Fsp3) is 0.385. The van der Waals surface area contributed by atoms with E-state index in [1.807, 2.05) is 25.2 Å². The Labute approximate surface area is 116 Å². The molecule has 0 aliphatic rings. The van der Waals surface area contributed by atoms with E-state index in [0.29, 0.717) is 11.5 Å². The number of methoxy groups -OCH3 is 2. The van der Waals surface area contributed by atoms with Gasteiger partial charge in [0.15, 0.2) is 16.5 Å². The van der Waals surface area contributed by atoms with Gasteiger partial charge in [0, 0.05) is 13.0 Å². The molecule has 2 rings (SSSR count). The van der Waals surface area contributed by atoms with E-state index in [9.17, 15) is 0 Å². The zero-order valence-electron chi connectivity index (χ0n) is 11.3. The van der Waals surface area contributed by atoms with E-state index in [0.717, 1.165) is 28.5 Å². The lowest BCUT2D eigenvalue weighted by Crippen LogP contribution is -2.09. The van der Waals surface area contributed by atoms with Crippen LogP contribution >= 0.6 is 11.3 Å². The number of nitrogens with one attached hydrogen (secondary N) is 1.